The number of carbonyl (C=O) groups excluding carboxylic acids is 1. The third-order valence-corrected chi connectivity index (χ3v) is 3.53. The zero-order chi connectivity index (χ0) is 13.1. The van der Waals surface area contributed by atoms with Gasteiger partial charge in [-0.05, 0) is 34.1 Å². The number of benzene rings is 1. The molecule has 0 spiro atoms. The van der Waals surface area contributed by atoms with Crippen molar-refractivity contribution in [2.45, 2.75) is 19.6 Å². The topological polar surface area (TPSA) is 26.3 Å². The van der Waals surface area contributed by atoms with E-state index in [1.807, 2.05) is 6.07 Å². The highest BCUT2D eigenvalue weighted by Crippen LogP contribution is 2.18. The molecule has 4 heteroatoms. The van der Waals surface area contributed by atoms with E-state index in [0.29, 0.717) is 5.56 Å². The minimum atomic E-state index is -1.41. The van der Waals surface area contributed by atoms with Gasteiger partial charge in [-0.1, -0.05) is 25.6 Å². The van der Waals surface area contributed by atoms with E-state index in [0.717, 1.165) is 10.0 Å². The van der Waals surface area contributed by atoms with Gasteiger partial charge in [0.05, 0.1) is 12.7 Å². The van der Waals surface area contributed by atoms with Crippen molar-refractivity contribution in [3.8, 4) is 11.5 Å². The zero-order valence-electron chi connectivity index (χ0n) is 10.4. The Morgan fingerprint density at radius 3 is 2.53 bits per heavy atom. The average Bonchev–Trinajstić information content (AvgIpc) is 2.26. The molecule has 0 bridgehead atoms. The lowest BCUT2D eigenvalue weighted by molar-refractivity contribution is 0.0600. The van der Waals surface area contributed by atoms with Crippen molar-refractivity contribution in [1.82, 2.24) is 0 Å². The van der Waals surface area contributed by atoms with Crippen molar-refractivity contribution in [3.05, 3.63) is 33.8 Å². The molecular formula is C13H15BrO2Si. The van der Waals surface area contributed by atoms with E-state index in [1.165, 1.54) is 7.11 Å². The summed E-state index contributed by atoms with van der Waals surface area (Å²) in [4.78, 5) is 11.4. The van der Waals surface area contributed by atoms with E-state index < -0.39 is 8.07 Å². The number of ether oxygens (including phenoxy) is 1. The number of halogens is 1. The number of hydrogen-bond acceptors (Lipinski definition) is 2. The summed E-state index contributed by atoms with van der Waals surface area (Å²) in [5.74, 6) is 2.79. The van der Waals surface area contributed by atoms with Crippen LogP contribution in [0.25, 0.3) is 0 Å². The normalized spacial score (nSPS) is 10.4. The molecule has 0 fully saturated rings. The fraction of sp³-hybridized carbons (Fsp3) is 0.308. The molecule has 0 saturated carbocycles. The highest BCUT2D eigenvalue weighted by atomic mass is 79.9. The van der Waals surface area contributed by atoms with Gasteiger partial charge in [0, 0.05) is 10.0 Å². The molecule has 1 rings (SSSR count). The highest BCUT2D eigenvalue weighted by Gasteiger charge is 2.10. The second kappa shape index (κ2) is 5.52. The molecule has 0 aliphatic rings. The smallest absolute Gasteiger partial charge is 0.337 e. The Balaban J connectivity index is 3.14. The van der Waals surface area contributed by atoms with Crippen LogP contribution in [-0.4, -0.2) is 21.2 Å². The van der Waals surface area contributed by atoms with Crippen LogP contribution in [-0.2, 0) is 4.74 Å². The second-order valence-corrected chi connectivity index (χ2v) is 10.3. The van der Waals surface area contributed by atoms with E-state index in [4.69, 9.17) is 0 Å². The van der Waals surface area contributed by atoms with Crippen molar-refractivity contribution in [2.24, 2.45) is 0 Å². The summed E-state index contributed by atoms with van der Waals surface area (Å²) in [6.07, 6.45) is 0. The Hall–Kier alpha value is -1.05. The van der Waals surface area contributed by atoms with E-state index in [1.54, 1.807) is 12.1 Å². The van der Waals surface area contributed by atoms with Crippen LogP contribution in [0.1, 0.15) is 15.9 Å². The van der Waals surface area contributed by atoms with Crippen molar-refractivity contribution in [1.29, 1.82) is 0 Å². The second-order valence-electron chi connectivity index (χ2n) is 4.69. The fourth-order valence-corrected chi connectivity index (χ4v) is 1.98. The molecule has 2 nitrogen and oxygen atoms in total. The van der Waals surface area contributed by atoms with Gasteiger partial charge in [0.1, 0.15) is 8.07 Å². The molecule has 0 unspecified atom stereocenters. The molecule has 0 saturated heterocycles. The van der Waals surface area contributed by atoms with Gasteiger partial charge in [0.15, 0.2) is 0 Å². The van der Waals surface area contributed by atoms with Crippen LogP contribution in [0, 0.1) is 11.5 Å². The van der Waals surface area contributed by atoms with Crippen molar-refractivity contribution < 1.29 is 9.53 Å². The molecule has 0 atom stereocenters. The first-order chi connectivity index (χ1) is 7.83. The van der Waals surface area contributed by atoms with Gasteiger partial charge < -0.3 is 4.74 Å². The lowest BCUT2D eigenvalue weighted by Gasteiger charge is -2.05. The largest absolute Gasteiger partial charge is 0.465 e. The zero-order valence-corrected chi connectivity index (χ0v) is 13.0. The summed E-state index contributed by atoms with van der Waals surface area (Å²) >= 11 is 3.43. The molecule has 1 aromatic carbocycles. The van der Waals surface area contributed by atoms with Gasteiger partial charge in [-0.2, -0.15) is 0 Å². The first kappa shape index (κ1) is 14.0. The number of carbonyl (C=O) groups is 1. The van der Waals surface area contributed by atoms with Gasteiger partial charge in [-0.15, -0.1) is 5.54 Å². The Morgan fingerprint density at radius 1 is 1.35 bits per heavy atom. The van der Waals surface area contributed by atoms with Crippen molar-refractivity contribution in [3.63, 3.8) is 0 Å². The number of esters is 1. The molecular weight excluding hydrogens is 296 g/mol. The Bertz CT molecular complexity index is 492. The highest BCUT2D eigenvalue weighted by molar-refractivity contribution is 9.10. The van der Waals surface area contributed by atoms with Crippen LogP contribution in [0.3, 0.4) is 0 Å². The molecule has 0 N–H and O–H groups in total. The first-order valence-corrected chi connectivity index (χ1v) is 9.54. The average molecular weight is 311 g/mol. The standard InChI is InChI=1S/C13H15BrO2Si/c1-16-13(15)11-5-6-12(14)10(9-11)7-8-17(2,3)4/h5-6,9H,1-4H3. The quantitative estimate of drug-likeness (QED) is 0.451. The van der Waals surface area contributed by atoms with Gasteiger partial charge >= 0.3 is 5.97 Å². The van der Waals surface area contributed by atoms with Gasteiger partial charge in [-0.3, -0.25) is 0 Å². The summed E-state index contributed by atoms with van der Waals surface area (Å²) in [6.45, 7) is 6.54. The van der Waals surface area contributed by atoms with Crippen LogP contribution in [0.4, 0.5) is 0 Å². The summed E-state index contributed by atoms with van der Waals surface area (Å²) in [7, 11) is -0.0411. The Kier molecular flexibility index (Phi) is 4.55. The molecule has 0 amide bonds. The third kappa shape index (κ3) is 4.37. The predicted molar refractivity (Wildman–Crippen MR) is 75.7 cm³/mol. The van der Waals surface area contributed by atoms with E-state index in [-0.39, 0.29) is 5.97 Å². The Labute approximate surface area is 112 Å². The van der Waals surface area contributed by atoms with Crippen molar-refractivity contribution >= 4 is 30.0 Å². The van der Waals surface area contributed by atoms with Crippen LogP contribution in [0.2, 0.25) is 19.6 Å². The summed E-state index contributed by atoms with van der Waals surface area (Å²) in [5.41, 5.74) is 4.62. The van der Waals surface area contributed by atoms with Crippen LogP contribution < -0.4 is 0 Å². The Morgan fingerprint density at radius 2 is 2.00 bits per heavy atom. The van der Waals surface area contributed by atoms with Gasteiger partial charge in [0.25, 0.3) is 0 Å². The number of rotatable bonds is 1. The fourth-order valence-electron chi connectivity index (χ4n) is 1.12. The minimum Gasteiger partial charge on any atom is -0.465 e. The summed E-state index contributed by atoms with van der Waals surface area (Å²) in [6, 6.07) is 5.29. The number of hydrogen-bond donors (Lipinski definition) is 0. The van der Waals surface area contributed by atoms with Gasteiger partial charge in [-0.25, -0.2) is 4.79 Å². The van der Waals surface area contributed by atoms with E-state index >= 15 is 0 Å². The maximum absolute atomic E-state index is 11.4. The summed E-state index contributed by atoms with van der Waals surface area (Å²) < 4.78 is 5.58. The molecule has 0 aliphatic heterocycles. The predicted octanol–water partition coefficient (Wildman–Crippen LogP) is 3.46. The molecule has 0 aromatic heterocycles. The van der Waals surface area contributed by atoms with Crippen LogP contribution >= 0.6 is 15.9 Å². The maximum atomic E-state index is 11.4. The first-order valence-electron chi connectivity index (χ1n) is 5.24. The van der Waals surface area contributed by atoms with Crippen LogP contribution in [0.5, 0.6) is 0 Å². The maximum Gasteiger partial charge on any atom is 0.337 e. The molecule has 0 aliphatic carbocycles. The lowest BCUT2D eigenvalue weighted by atomic mass is 10.1. The van der Waals surface area contributed by atoms with E-state index in [9.17, 15) is 4.79 Å². The van der Waals surface area contributed by atoms with Crippen LogP contribution in [0.15, 0.2) is 22.7 Å². The molecule has 0 radical (unpaired) electrons. The minimum absolute atomic E-state index is 0.339. The molecule has 90 valence electrons. The third-order valence-electron chi connectivity index (χ3n) is 1.96. The molecule has 0 heterocycles. The number of methoxy groups -OCH3 is 1. The lowest BCUT2D eigenvalue weighted by Crippen LogP contribution is -2.16. The SMILES string of the molecule is COC(=O)c1ccc(Br)c(C#C[Si](C)(C)C)c1. The monoisotopic (exact) mass is 310 g/mol. The van der Waals surface area contributed by atoms with Gasteiger partial charge in [0.2, 0.25) is 0 Å². The van der Waals surface area contributed by atoms with E-state index in [2.05, 4.69) is 51.8 Å². The molecule has 1 aromatic rings. The molecule has 17 heavy (non-hydrogen) atoms. The van der Waals surface area contributed by atoms with Crippen molar-refractivity contribution in [2.75, 3.05) is 7.11 Å². The summed E-state index contributed by atoms with van der Waals surface area (Å²) in [5, 5.41) is 0.